The third-order valence-electron chi connectivity index (χ3n) is 4.55. The molecule has 1 aliphatic carbocycles. The maximum atomic E-state index is 12.1. The highest BCUT2D eigenvalue weighted by atomic mass is 16.6. The fraction of sp³-hybridized carbons (Fsp3) is 0.944. The predicted octanol–water partition coefficient (Wildman–Crippen LogP) is 3.08. The zero-order valence-electron chi connectivity index (χ0n) is 15.6. The van der Waals surface area contributed by atoms with Gasteiger partial charge in [0.25, 0.3) is 0 Å². The molecule has 0 radical (unpaired) electrons. The van der Waals surface area contributed by atoms with Gasteiger partial charge in [-0.15, -0.1) is 0 Å². The summed E-state index contributed by atoms with van der Waals surface area (Å²) >= 11 is 0. The van der Waals surface area contributed by atoms with E-state index in [1.807, 2.05) is 20.8 Å². The lowest BCUT2D eigenvalue weighted by atomic mass is 9.68. The highest BCUT2D eigenvalue weighted by Crippen LogP contribution is 2.38. The molecule has 2 fully saturated rings. The lowest BCUT2D eigenvalue weighted by Crippen LogP contribution is -2.73. The van der Waals surface area contributed by atoms with Crippen LogP contribution in [0.15, 0.2) is 0 Å². The molecule has 5 heteroatoms. The van der Waals surface area contributed by atoms with E-state index in [9.17, 15) is 4.79 Å². The molecule has 1 heterocycles. The first-order chi connectivity index (χ1) is 10.6. The van der Waals surface area contributed by atoms with Gasteiger partial charge in [0.05, 0.1) is 18.2 Å². The van der Waals surface area contributed by atoms with Crippen LogP contribution in [-0.4, -0.2) is 43.0 Å². The molecule has 0 aromatic carbocycles. The van der Waals surface area contributed by atoms with E-state index in [1.165, 1.54) is 0 Å². The fourth-order valence-corrected chi connectivity index (χ4v) is 3.40. The smallest absolute Gasteiger partial charge is 0.407 e. The summed E-state index contributed by atoms with van der Waals surface area (Å²) in [6.07, 6.45) is 3.18. The summed E-state index contributed by atoms with van der Waals surface area (Å²) in [5.41, 5.74) is -0.164. The molecule has 2 aliphatic rings. The van der Waals surface area contributed by atoms with Gasteiger partial charge in [-0.3, -0.25) is 0 Å². The fourth-order valence-electron chi connectivity index (χ4n) is 3.40. The Bertz CT molecular complexity index is 411. The van der Waals surface area contributed by atoms with Gasteiger partial charge in [0, 0.05) is 12.5 Å². The van der Waals surface area contributed by atoms with E-state index in [0.717, 1.165) is 32.4 Å². The van der Waals surface area contributed by atoms with Crippen molar-refractivity contribution in [3.63, 3.8) is 0 Å². The number of fused-ring (bicyclic) bond motifs is 1. The quantitative estimate of drug-likeness (QED) is 0.833. The lowest BCUT2D eigenvalue weighted by Gasteiger charge is -2.54. The Hall–Kier alpha value is -0.810. The van der Waals surface area contributed by atoms with Crippen LogP contribution in [0.3, 0.4) is 0 Å². The molecule has 4 unspecified atom stereocenters. The summed E-state index contributed by atoms with van der Waals surface area (Å²) < 4.78 is 11.3. The topological polar surface area (TPSA) is 59.6 Å². The molecule has 0 spiro atoms. The van der Waals surface area contributed by atoms with E-state index < -0.39 is 5.60 Å². The Morgan fingerprint density at radius 1 is 1.17 bits per heavy atom. The number of nitrogens with one attached hydrogen (secondary N) is 2. The summed E-state index contributed by atoms with van der Waals surface area (Å²) in [6, 6.07) is 0.297. The first kappa shape index (κ1) is 18.5. The van der Waals surface area contributed by atoms with Crippen molar-refractivity contribution in [2.45, 2.75) is 84.6 Å². The monoisotopic (exact) mass is 326 g/mol. The summed E-state index contributed by atoms with van der Waals surface area (Å²) in [4.78, 5) is 12.1. The van der Waals surface area contributed by atoms with E-state index in [1.54, 1.807) is 0 Å². The molecule has 4 atom stereocenters. The molecule has 1 saturated carbocycles. The molecule has 2 rings (SSSR count). The number of rotatable bonds is 4. The maximum absolute atomic E-state index is 12.1. The Balaban J connectivity index is 1.90. The number of carbonyl (C=O) groups is 1. The summed E-state index contributed by atoms with van der Waals surface area (Å²) in [5.74, 6) is 0.406. The standard InChI is InChI=1S/C18H34N2O3/c1-17(2,3)9-10-19-14-13(12-8-7-11-22-15(12)14)20-16(21)23-18(4,5)6/h12-15,19H,7-11H2,1-6H3,(H,20,21). The van der Waals surface area contributed by atoms with E-state index in [0.29, 0.717) is 11.3 Å². The maximum Gasteiger partial charge on any atom is 0.407 e. The number of hydrogen-bond acceptors (Lipinski definition) is 4. The van der Waals surface area contributed by atoms with Gasteiger partial charge >= 0.3 is 6.09 Å². The molecule has 1 aliphatic heterocycles. The van der Waals surface area contributed by atoms with E-state index in [4.69, 9.17) is 9.47 Å². The van der Waals surface area contributed by atoms with E-state index in [-0.39, 0.29) is 24.3 Å². The number of carbonyl (C=O) groups excluding carboxylic acids is 1. The third-order valence-corrected chi connectivity index (χ3v) is 4.55. The van der Waals surface area contributed by atoms with Crippen LogP contribution in [0.4, 0.5) is 4.79 Å². The second-order valence-electron chi connectivity index (χ2n) is 9.10. The molecule has 23 heavy (non-hydrogen) atoms. The van der Waals surface area contributed by atoms with Crippen LogP contribution in [-0.2, 0) is 9.47 Å². The Kier molecular flexibility index (Phi) is 5.62. The van der Waals surface area contributed by atoms with Crippen molar-refractivity contribution in [3.05, 3.63) is 0 Å². The molecular formula is C18H34N2O3. The van der Waals surface area contributed by atoms with Crippen molar-refractivity contribution in [1.82, 2.24) is 10.6 Å². The van der Waals surface area contributed by atoms with Gasteiger partial charge in [0.15, 0.2) is 0 Å². The molecule has 0 aromatic rings. The van der Waals surface area contributed by atoms with Gasteiger partial charge in [-0.2, -0.15) is 0 Å². The van der Waals surface area contributed by atoms with Crippen LogP contribution in [0.2, 0.25) is 0 Å². The molecule has 0 aromatic heterocycles. The zero-order chi connectivity index (χ0) is 17.3. The van der Waals surface area contributed by atoms with E-state index in [2.05, 4.69) is 31.4 Å². The Morgan fingerprint density at radius 2 is 1.87 bits per heavy atom. The predicted molar refractivity (Wildman–Crippen MR) is 91.5 cm³/mol. The first-order valence-electron chi connectivity index (χ1n) is 8.91. The van der Waals surface area contributed by atoms with Crippen molar-refractivity contribution in [2.75, 3.05) is 13.2 Å². The zero-order valence-corrected chi connectivity index (χ0v) is 15.6. The molecule has 1 saturated heterocycles. The van der Waals surface area contributed by atoms with Crippen molar-refractivity contribution in [3.8, 4) is 0 Å². The Labute approximate surface area is 140 Å². The highest BCUT2D eigenvalue weighted by molar-refractivity contribution is 5.68. The minimum Gasteiger partial charge on any atom is -0.444 e. The summed E-state index contributed by atoms with van der Waals surface area (Å²) in [5, 5.41) is 6.66. The molecule has 5 nitrogen and oxygen atoms in total. The van der Waals surface area contributed by atoms with Gasteiger partial charge in [0.1, 0.15) is 5.60 Å². The average molecular weight is 326 g/mol. The van der Waals surface area contributed by atoms with Crippen LogP contribution < -0.4 is 10.6 Å². The van der Waals surface area contributed by atoms with Gasteiger partial charge < -0.3 is 20.1 Å². The number of alkyl carbamates (subject to hydrolysis) is 1. The molecular weight excluding hydrogens is 292 g/mol. The van der Waals surface area contributed by atoms with Crippen molar-refractivity contribution >= 4 is 6.09 Å². The van der Waals surface area contributed by atoms with Crippen LogP contribution in [0.25, 0.3) is 0 Å². The van der Waals surface area contributed by atoms with Crippen LogP contribution >= 0.6 is 0 Å². The van der Waals surface area contributed by atoms with Crippen molar-refractivity contribution < 1.29 is 14.3 Å². The van der Waals surface area contributed by atoms with Gasteiger partial charge in [-0.25, -0.2) is 4.79 Å². The van der Waals surface area contributed by atoms with Crippen LogP contribution in [0, 0.1) is 11.3 Å². The average Bonchev–Trinajstić information content (AvgIpc) is 2.38. The number of amides is 1. The minimum atomic E-state index is -0.467. The number of hydrogen-bond donors (Lipinski definition) is 2. The van der Waals surface area contributed by atoms with Crippen LogP contribution in [0.1, 0.15) is 60.8 Å². The van der Waals surface area contributed by atoms with Crippen molar-refractivity contribution in [2.24, 2.45) is 11.3 Å². The minimum absolute atomic E-state index is 0.107. The molecule has 2 N–H and O–H groups in total. The highest BCUT2D eigenvalue weighted by Gasteiger charge is 2.53. The summed E-state index contributed by atoms with van der Waals surface area (Å²) in [7, 11) is 0. The first-order valence-corrected chi connectivity index (χ1v) is 8.91. The third kappa shape index (κ3) is 5.35. The molecule has 134 valence electrons. The van der Waals surface area contributed by atoms with Gasteiger partial charge in [-0.1, -0.05) is 20.8 Å². The van der Waals surface area contributed by atoms with E-state index >= 15 is 0 Å². The molecule has 1 amide bonds. The second-order valence-corrected chi connectivity index (χ2v) is 9.10. The van der Waals surface area contributed by atoms with Gasteiger partial charge in [-0.05, 0) is 52.0 Å². The molecule has 0 bridgehead atoms. The second kappa shape index (κ2) is 6.98. The Morgan fingerprint density at radius 3 is 2.48 bits per heavy atom. The lowest BCUT2D eigenvalue weighted by molar-refractivity contribution is -0.128. The number of ether oxygens (including phenoxy) is 2. The normalized spacial score (nSPS) is 31.0. The SMILES string of the molecule is CC(C)(C)CCNC1C(NC(=O)OC(C)(C)C)C2CCCOC21. The van der Waals surface area contributed by atoms with Crippen LogP contribution in [0.5, 0.6) is 0 Å². The van der Waals surface area contributed by atoms with Gasteiger partial charge in [0.2, 0.25) is 0 Å². The summed E-state index contributed by atoms with van der Waals surface area (Å²) in [6.45, 7) is 14.2. The van der Waals surface area contributed by atoms with Crippen molar-refractivity contribution in [1.29, 1.82) is 0 Å². The largest absolute Gasteiger partial charge is 0.444 e.